The van der Waals surface area contributed by atoms with Crippen LogP contribution in [0, 0.1) is 6.92 Å². The number of alkyl halides is 3. The Morgan fingerprint density at radius 1 is 1.27 bits per heavy atom. The van der Waals surface area contributed by atoms with Crippen LogP contribution in [0.3, 0.4) is 0 Å². The maximum absolute atomic E-state index is 12.2. The second kappa shape index (κ2) is 6.93. The Balaban J connectivity index is 1.93. The van der Waals surface area contributed by atoms with Crippen LogP contribution in [-0.4, -0.2) is 21.6 Å². The highest BCUT2D eigenvalue weighted by molar-refractivity contribution is 8.00. The number of nitrogens with one attached hydrogen (secondary N) is 1. The van der Waals surface area contributed by atoms with Crippen LogP contribution in [0.5, 0.6) is 0 Å². The van der Waals surface area contributed by atoms with E-state index in [0.717, 1.165) is 5.01 Å². The van der Waals surface area contributed by atoms with Crippen molar-refractivity contribution < 1.29 is 18.0 Å². The van der Waals surface area contributed by atoms with E-state index in [4.69, 9.17) is 0 Å². The topological polar surface area (TPSA) is 54.9 Å². The van der Waals surface area contributed by atoms with Crippen molar-refractivity contribution in [3.63, 3.8) is 0 Å². The SMILES string of the molecule is Cc1nnc(NC(=O)/C=C/c2ccc(SC(F)(F)F)cc2)s1. The number of nitrogens with zero attached hydrogens (tertiary/aromatic N) is 2. The fourth-order valence-corrected chi connectivity index (χ4v) is 2.58. The number of carbonyl (C=O) groups excluding carboxylic acids is 1. The highest BCUT2D eigenvalue weighted by atomic mass is 32.2. The van der Waals surface area contributed by atoms with Crippen molar-refractivity contribution >= 4 is 40.2 Å². The summed E-state index contributed by atoms with van der Waals surface area (Å²) in [6.07, 6.45) is 2.79. The van der Waals surface area contributed by atoms with Gasteiger partial charge in [-0.15, -0.1) is 10.2 Å². The number of rotatable bonds is 4. The third-order valence-electron chi connectivity index (χ3n) is 2.30. The second-order valence-corrected chi connectivity index (χ2v) is 6.39. The first-order chi connectivity index (χ1) is 10.3. The molecule has 2 aromatic rings. The highest BCUT2D eigenvalue weighted by Gasteiger charge is 2.28. The molecule has 1 N–H and O–H groups in total. The van der Waals surface area contributed by atoms with Gasteiger partial charge in [0.25, 0.3) is 0 Å². The summed E-state index contributed by atoms with van der Waals surface area (Å²) in [4.78, 5) is 11.7. The number of halogens is 3. The minimum atomic E-state index is -4.31. The van der Waals surface area contributed by atoms with E-state index >= 15 is 0 Å². The van der Waals surface area contributed by atoms with Crippen LogP contribution in [0.4, 0.5) is 18.3 Å². The zero-order valence-corrected chi connectivity index (χ0v) is 12.9. The molecule has 0 aliphatic heterocycles. The Morgan fingerprint density at radius 2 is 1.95 bits per heavy atom. The van der Waals surface area contributed by atoms with Gasteiger partial charge < -0.3 is 0 Å². The molecule has 0 radical (unpaired) electrons. The Kier molecular flexibility index (Phi) is 5.19. The third kappa shape index (κ3) is 5.49. The van der Waals surface area contributed by atoms with E-state index in [1.54, 1.807) is 6.92 Å². The van der Waals surface area contributed by atoms with E-state index in [1.165, 1.54) is 47.8 Å². The molecule has 116 valence electrons. The molecule has 1 aromatic carbocycles. The lowest BCUT2D eigenvalue weighted by Gasteiger charge is -2.05. The van der Waals surface area contributed by atoms with Crippen LogP contribution in [0.15, 0.2) is 35.2 Å². The number of aryl methyl sites for hydroxylation is 1. The van der Waals surface area contributed by atoms with Crippen molar-refractivity contribution in [2.24, 2.45) is 0 Å². The predicted molar refractivity (Wildman–Crippen MR) is 80.7 cm³/mol. The minimum absolute atomic E-state index is 0.0958. The Labute approximate surface area is 132 Å². The number of anilines is 1. The van der Waals surface area contributed by atoms with Crippen molar-refractivity contribution in [1.29, 1.82) is 0 Å². The van der Waals surface area contributed by atoms with E-state index < -0.39 is 5.51 Å². The number of amides is 1. The first kappa shape index (κ1) is 16.5. The number of thioether (sulfide) groups is 1. The number of carbonyl (C=O) groups is 1. The number of hydrogen-bond acceptors (Lipinski definition) is 5. The molecule has 0 bridgehead atoms. The first-order valence-electron chi connectivity index (χ1n) is 5.97. The van der Waals surface area contributed by atoms with E-state index in [1.807, 2.05) is 0 Å². The maximum Gasteiger partial charge on any atom is 0.446 e. The van der Waals surface area contributed by atoms with Gasteiger partial charge in [0.15, 0.2) is 0 Å². The van der Waals surface area contributed by atoms with Gasteiger partial charge in [0.1, 0.15) is 5.01 Å². The molecule has 2 rings (SSSR count). The van der Waals surface area contributed by atoms with Crippen LogP contribution >= 0.6 is 23.1 Å². The van der Waals surface area contributed by atoms with Crippen molar-refractivity contribution in [1.82, 2.24) is 10.2 Å². The molecule has 1 heterocycles. The molecular weight excluding hydrogens is 335 g/mol. The monoisotopic (exact) mass is 345 g/mol. The maximum atomic E-state index is 12.2. The summed E-state index contributed by atoms with van der Waals surface area (Å²) in [6, 6.07) is 5.72. The molecule has 0 atom stereocenters. The van der Waals surface area contributed by atoms with Gasteiger partial charge in [-0.2, -0.15) is 13.2 Å². The Hall–Kier alpha value is -1.87. The molecule has 9 heteroatoms. The van der Waals surface area contributed by atoms with Crippen molar-refractivity contribution in [3.8, 4) is 0 Å². The fraction of sp³-hybridized carbons (Fsp3) is 0.154. The van der Waals surface area contributed by atoms with Gasteiger partial charge in [0.05, 0.1) is 0 Å². The lowest BCUT2D eigenvalue weighted by Crippen LogP contribution is -2.07. The van der Waals surface area contributed by atoms with E-state index in [0.29, 0.717) is 10.7 Å². The normalized spacial score (nSPS) is 11.8. The molecule has 0 unspecified atom stereocenters. The van der Waals surface area contributed by atoms with Gasteiger partial charge in [-0.3, -0.25) is 10.1 Å². The van der Waals surface area contributed by atoms with Gasteiger partial charge in [0, 0.05) is 11.0 Å². The average Bonchev–Trinajstić information content (AvgIpc) is 2.81. The van der Waals surface area contributed by atoms with E-state index in [9.17, 15) is 18.0 Å². The molecule has 22 heavy (non-hydrogen) atoms. The smallest absolute Gasteiger partial charge is 0.297 e. The molecular formula is C13H10F3N3OS2. The van der Waals surface area contributed by atoms with E-state index in [2.05, 4.69) is 15.5 Å². The molecule has 0 fully saturated rings. The molecule has 0 saturated carbocycles. The summed E-state index contributed by atoms with van der Waals surface area (Å²) in [5.41, 5.74) is -3.69. The quantitative estimate of drug-likeness (QED) is 0.669. The third-order valence-corrected chi connectivity index (χ3v) is 3.79. The van der Waals surface area contributed by atoms with Crippen LogP contribution in [0.1, 0.15) is 10.6 Å². The summed E-state index contributed by atoms with van der Waals surface area (Å²) in [5, 5.41) is 11.2. The van der Waals surface area contributed by atoms with Crippen molar-refractivity contribution in [2.45, 2.75) is 17.3 Å². The van der Waals surface area contributed by atoms with Gasteiger partial charge in [-0.05, 0) is 42.5 Å². The Bertz CT molecular complexity index is 681. The van der Waals surface area contributed by atoms with Crippen LogP contribution in [0.2, 0.25) is 0 Å². The first-order valence-corrected chi connectivity index (χ1v) is 7.60. The largest absolute Gasteiger partial charge is 0.446 e. The molecule has 0 spiro atoms. The van der Waals surface area contributed by atoms with E-state index in [-0.39, 0.29) is 22.6 Å². The van der Waals surface area contributed by atoms with Gasteiger partial charge in [-0.25, -0.2) is 0 Å². The molecule has 0 saturated heterocycles. The van der Waals surface area contributed by atoms with Crippen molar-refractivity contribution in [3.05, 3.63) is 40.9 Å². The number of aromatic nitrogens is 2. The molecule has 1 aromatic heterocycles. The predicted octanol–water partition coefficient (Wildman–Crippen LogP) is 4.11. The molecule has 1 amide bonds. The fourth-order valence-electron chi connectivity index (χ4n) is 1.45. The summed E-state index contributed by atoms with van der Waals surface area (Å²) in [5.74, 6) is -0.384. The minimum Gasteiger partial charge on any atom is -0.297 e. The summed E-state index contributed by atoms with van der Waals surface area (Å²) in [7, 11) is 0. The van der Waals surface area contributed by atoms with Crippen LogP contribution in [-0.2, 0) is 4.79 Å². The molecule has 4 nitrogen and oxygen atoms in total. The zero-order chi connectivity index (χ0) is 16.2. The molecule has 0 aliphatic rings. The summed E-state index contributed by atoms with van der Waals surface area (Å²) >= 11 is 1.07. The van der Waals surface area contributed by atoms with Crippen LogP contribution < -0.4 is 5.32 Å². The lowest BCUT2D eigenvalue weighted by molar-refractivity contribution is -0.111. The molecule has 0 aliphatic carbocycles. The van der Waals surface area contributed by atoms with Gasteiger partial charge >= 0.3 is 5.51 Å². The number of benzene rings is 1. The standard InChI is InChI=1S/C13H10F3N3OS2/c1-8-18-19-12(21-8)17-11(20)7-4-9-2-5-10(6-3-9)22-13(14,15)16/h2-7H,1H3,(H,17,19,20)/b7-4+. The average molecular weight is 345 g/mol. The Morgan fingerprint density at radius 3 is 2.50 bits per heavy atom. The number of hydrogen-bond donors (Lipinski definition) is 1. The van der Waals surface area contributed by atoms with Gasteiger partial charge in [-0.1, -0.05) is 23.5 Å². The zero-order valence-electron chi connectivity index (χ0n) is 11.2. The highest BCUT2D eigenvalue weighted by Crippen LogP contribution is 2.36. The summed E-state index contributed by atoms with van der Waals surface area (Å²) < 4.78 is 36.6. The summed E-state index contributed by atoms with van der Waals surface area (Å²) in [6.45, 7) is 1.77. The lowest BCUT2D eigenvalue weighted by atomic mass is 10.2. The van der Waals surface area contributed by atoms with Gasteiger partial charge in [0.2, 0.25) is 11.0 Å². The second-order valence-electron chi connectivity index (χ2n) is 4.07. The van der Waals surface area contributed by atoms with Crippen LogP contribution in [0.25, 0.3) is 6.08 Å². The van der Waals surface area contributed by atoms with Crippen molar-refractivity contribution in [2.75, 3.05) is 5.32 Å².